The molecule has 0 aliphatic carbocycles. The molecule has 0 saturated heterocycles. The third kappa shape index (κ3) is 4.33. The summed E-state index contributed by atoms with van der Waals surface area (Å²) in [5, 5.41) is 0. The molecule has 2 aromatic rings. The average molecular weight is 346 g/mol. The van der Waals surface area contributed by atoms with Crippen LogP contribution in [0.4, 0.5) is 0 Å². The first-order chi connectivity index (χ1) is 10.2. The lowest BCUT2D eigenvalue weighted by Crippen LogP contribution is -2.05. The number of halogens is 1. The first-order valence-electron chi connectivity index (χ1n) is 6.12. The van der Waals surface area contributed by atoms with Crippen LogP contribution in [-0.2, 0) is 11.3 Å². The second-order valence-corrected chi connectivity index (χ2v) is 4.93. The Balaban J connectivity index is 2.02. The highest BCUT2D eigenvalue weighted by molar-refractivity contribution is 9.10. The average Bonchev–Trinajstić information content (AvgIpc) is 2.52. The molecule has 4 nitrogen and oxygen atoms in total. The number of ether oxygens (including phenoxy) is 2. The highest BCUT2D eigenvalue weighted by Crippen LogP contribution is 2.27. The summed E-state index contributed by atoms with van der Waals surface area (Å²) in [7, 11) is 0. The SMILES string of the molecule is C#CCOC(=O)c1ccc(OCc2cccnc2)c(Br)c1. The Morgan fingerprint density at radius 1 is 1.38 bits per heavy atom. The number of benzene rings is 1. The maximum absolute atomic E-state index is 11.7. The van der Waals surface area contributed by atoms with Crippen LogP contribution in [0.15, 0.2) is 47.2 Å². The number of aromatic nitrogens is 1. The van der Waals surface area contributed by atoms with Crippen molar-refractivity contribution in [3.63, 3.8) is 0 Å². The van der Waals surface area contributed by atoms with Gasteiger partial charge in [-0.15, -0.1) is 6.42 Å². The molecule has 0 N–H and O–H groups in total. The van der Waals surface area contributed by atoms with Gasteiger partial charge in [0.15, 0.2) is 6.61 Å². The molecule has 1 aromatic carbocycles. The van der Waals surface area contributed by atoms with Gasteiger partial charge in [0.1, 0.15) is 12.4 Å². The van der Waals surface area contributed by atoms with E-state index in [2.05, 4.69) is 26.8 Å². The summed E-state index contributed by atoms with van der Waals surface area (Å²) in [6.07, 6.45) is 8.48. The van der Waals surface area contributed by atoms with Gasteiger partial charge < -0.3 is 9.47 Å². The zero-order chi connectivity index (χ0) is 15.1. The lowest BCUT2D eigenvalue weighted by molar-refractivity contribution is 0.0556. The number of nitrogens with zero attached hydrogens (tertiary/aromatic N) is 1. The van der Waals surface area contributed by atoms with Crippen LogP contribution < -0.4 is 4.74 Å². The van der Waals surface area contributed by atoms with Gasteiger partial charge in [0, 0.05) is 18.0 Å². The van der Waals surface area contributed by atoms with Crippen LogP contribution in [0.25, 0.3) is 0 Å². The molecule has 0 unspecified atom stereocenters. The predicted octanol–water partition coefficient (Wildman–Crippen LogP) is 3.21. The van der Waals surface area contributed by atoms with E-state index < -0.39 is 5.97 Å². The van der Waals surface area contributed by atoms with Crippen molar-refractivity contribution in [2.75, 3.05) is 6.61 Å². The highest BCUT2D eigenvalue weighted by Gasteiger charge is 2.10. The van der Waals surface area contributed by atoms with E-state index in [1.807, 2.05) is 12.1 Å². The van der Waals surface area contributed by atoms with Crippen LogP contribution in [-0.4, -0.2) is 17.6 Å². The quantitative estimate of drug-likeness (QED) is 0.616. The molecule has 2 rings (SSSR count). The van der Waals surface area contributed by atoms with E-state index in [0.717, 1.165) is 5.56 Å². The van der Waals surface area contributed by atoms with E-state index >= 15 is 0 Å². The second kappa shape index (κ2) is 7.46. The molecule has 0 fully saturated rings. The molecule has 21 heavy (non-hydrogen) atoms. The Morgan fingerprint density at radius 3 is 2.90 bits per heavy atom. The number of carbonyl (C=O) groups is 1. The van der Waals surface area contributed by atoms with Gasteiger partial charge in [-0.3, -0.25) is 4.98 Å². The Morgan fingerprint density at radius 2 is 2.24 bits per heavy atom. The van der Waals surface area contributed by atoms with Crippen molar-refractivity contribution in [1.82, 2.24) is 4.98 Å². The van der Waals surface area contributed by atoms with Crippen LogP contribution in [0.2, 0.25) is 0 Å². The Labute approximate surface area is 131 Å². The number of hydrogen-bond donors (Lipinski definition) is 0. The summed E-state index contributed by atoms with van der Waals surface area (Å²) in [6, 6.07) is 8.73. The van der Waals surface area contributed by atoms with Crippen molar-refractivity contribution in [3.05, 3.63) is 58.3 Å². The number of terminal acetylenes is 1. The van der Waals surface area contributed by atoms with Gasteiger partial charge in [0.05, 0.1) is 10.0 Å². The number of esters is 1. The van der Waals surface area contributed by atoms with E-state index in [0.29, 0.717) is 22.4 Å². The number of carbonyl (C=O) groups excluding carboxylic acids is 1. The first kappa shape index (κ1) is 15.1. The third-order valence-corrected chi connectivity index (χ3v) is 3.19. The van der Waals surface area contributed by atoms with E-state index in [1.54, 1.807) is 30.6 Å². The van der Waals surface area contributed by atoms with Crippen molar-refractivity contribution < 1.29 is 14.3 Å². The molecule has 0 radical (unpaired) electrons. The van der Waals surface area contributed by atoms with Crippen LogP contribution in [0, 0.1) is 12.3 Å². The van der Waals surface area contributed by atoms with Gasteiger partial charge in [0.25, 0.3) is 0 Å². The molecule has 0 spiro atoms. The summed E-state index contributed by atoms with van der Waals surface area (Å²) in [5.41, 5.74) is 1.37. The molecule has 1 heterocycles. The van der Waals surface area contributed by atoms with Gasteiger partial charge in [-0.1, -0.05) is 12.0 Å². The Hall–Kier alpha value is -2.32. The zero-order valence-electron chi connectivity index (χ0n) is 11.1. The summed E-state index contributed by atoms with van der Waals surface area (Å²) in [6.45, 7) is 0.350. The standard InChI is InChI=1S/C16H12BrNO3/c1-2-8-20-16(19)13-5-6-15(14(17)9-13)21-11-12-4-3-7-18-10-12/h1,3-7,9-10H,8,11H2. The fourth-order valence-electron chi connectivity index (χ4n) is 1.58. The molecule has 0 amide bonds. The predicted molar refractivity (Wildman–Crippen MR) is 81.8 cm³/mol. The van der Waals surface area contributed by atoms with Crippen LogP contribution >= 0.6 is 15.9 Å². The summed E-state index contributed by atoms with van der Waals surface area (Å²) >= 11 is 3.37. The van der Waals surface area contributed by atoms with Crippen LogP contribution in [0.3, 0.4) is 0 Å². The van der Waals surface area contributed by atoms with E-state index in [1.165, 1.54) is 0 Å². The molecule has 5 heteroatoms. The largest absolute Gasteiger partial charge is 0.488 e. The molecule has 0 aliphatic rings. The van der Waals surface area contributed by atoms with E-state index in [-0.39, 0.29) is 6.61 Å². The van der Waals surface area contributed by atoms with Crippen molar-refractivity contribution in [3.8, 4) is 18.1 Å². The normalized spacial score (nSPS) is 9.71. The molecule has 0 bridgehead atoms. The monoisotopic (exact) mass is 345 g/mol. The van der Waals surface area contributed by atoms with Gasteiger partial charge in [0.2, 0.25) is 0 Å². The smallest absolute Gasteiger partial charge is 0.339 e. The van der Waals surface area contributed by atoms with Gasteiger partial charge in [-0.25, -0.2) is 4.79 Å². The van der Waals surface area contributed by atoms with Crippen molar-refractivity contribution in [1.29, 1.82) is 0 Å². The summed E-state index contributed by atoms with van der Waals surface area (Å²) in [4.78, 5) is 15.7. The molecular weight excluding hydrogens is 334 g/mol. The number of hydrogen-bond acceptors (Lipinski definition) is 4. The maximum atomic E-state index is 11.7. The molecule has 1 aromatic heterocycles. The van der Waals surface area contributed by atoms with Crippen LogP contribution in [0.5, 0.6) is 5.75 Å². The van der Waals surface area contributed by atoms with Gasteiger partial charge >= 0.3 is 5.97 Å². The Bertz CT molecular complexity index is 665. The first-order valence-corrected chi connectivity index (χ1v) is 6.92. The summed E-state index contributed by atoms with van der Waals surface area (Å²) in [5.74, 6) is 2.41. The molecule has 0 aliphatic heterocycles. The van der Waals surface area contributed by atoms with E-state index in [9.17, 15) is 4.79 Å². The fraction of sp³-hybridized carbons (Fsp3) is 0.125. The minimum atomic E-state index is -0.465. The highest BCUT2D eigenvalue weighted by atomic mass is 79.9. The van der Waals surface area contributed by atoms with Crippen LogP contribution in [0.1, 0.15) is 15.9 Å². The Kier molecular flexibility index (Phi) is 5.35. The van der Waals surface area contributed by atoms with Gasteiger partial charge in [-0.2, -0.15) is 0 Å². The number of pyridine rings is 1. The van der Waals surface area contributed by atoms with E-state index in [4.69, 9.17) is 15.9 Å². The maximum Gasteiger partial charge on any atom is 0.339 e. The third-order valence-electron chi connectivity index (χ3n) is 2.57. The summed E-state index contributed by atoms with van der Waals surface area (Å²) < 4.78 is 11.2. The minimum Gasteiger partial charge on any atom is -0.488 e. The number of rotatable bonds is 5. The fourth-order valence-corrected chi connectivity index (χ4v) is 2.07. The minimum absolute atomic E-state index is 0.0459. The van der Waals surface area contributed by atoms with Crippen molar-refractivity contribution in [2.45, 2.75) is 6.61 Å². The second-order valence-electron chi connectivity index (χ2n) is 4.08. The van der Waals surface area contributed by atoms with Gasteiger partial charge in [-0.05, 0) is 40.2 Å². The molecule has 0 saturated carbocycles. The van der Waals surface area contributed by atoms with Crippen molar-refractivity contribution >= 4 is 21.9 Å². The lowest BCUT2D eigenvalue weighted by atomic mass is 10.2. The molecule has 106 valence electrons. The van der Waals surface area contributed by atoms with Crippen molar-refractivity contribution in [2.24, 2.45) is 0 Å². The zero-order valence-corrected chi connectivity index (χ0v) is 12.7. The molecular formula is C16H12BrNO3. The lowest BCUT2D eigenvalue weighted by Gasteiger charge is -2.09. The topological polar surface area (TPSA) is 48.4 Å². The molecule has 0 atom stereocenters.